The zero-order valence-corrected chi connectivity index (χ0v) is 23.9. The highest BCUT2D eigenvalue weighted by Crippen LogP contribution is 2.19. The number of likely N-dealkylation sites (tertiary alicyclic amines) is 1. The lowest BCUT2D eigenvalue weighted by molar-refractivity contribution is -0.132. The molecule has 2 rings (SSSR count). The van der Waals surface area contributed by atoms with Crippen LogP contribution in [0.25, 0.3) is 6.08 Å². The van der Waals surface area contributed by atoms with E-state index in [2.05, 4.69) is 10.6 Å². The first-order valence-corrected chi connectivity index (χ1v) is 14.0. The van der Waals surface area contributed by atoms with E-state index >= 15 is 0 Å². The predicted molar refractivity (Wildman–Crippen MR) is 150 cm³/mol. The van der Waals surface area contributed by atoms with Crippen molar-refractivity contribution in [2.45, 2.75) is 12.8 Å². The third-order valence-corrected chi connectivity index (χ3v) is 6.12. The fourth-order valence-electron chi connectivity index (χ4n) is 3.98. The van der Waals surface area contributed by atoms with Crippen molar-refractivity contribution in [1.29, 1.82) is 5.26 Å². The maximum absolute atomic E-state index is 13.1. The molecule has 1 fully saturated rings. The maximum Gasteiger partial charge on any atom is 0.264 e. The monoisotopic (exact) mass is 592 g/mol. The van der Waals surface area contributed by atoms with E-state index in [4.69, 9.17) is 23.7 Å². The second-order valence-corrected chi connectivity index (χ2v) is 9.24. The van der Waals surface area contributed by atoms with E-state index in [0.717, 1.165) is 0 Å². The zero-order valence-electron chi connectivity index (χ0n) is 23.9. The lowest BCUT2D eigenvalue weighted by Crippen LogP contribution is -2.46. The fourth-order valence-corrected chi connectivity index (χ4v) is 3.98. The molecule has 1 unspecified atom stereocenters. The molecule has 0 saturated carbocycles. The van der Waals surface area contributed by atoms with Gasteiger partial charge in [0.15, 0.2) is 0 Å². The third kappa shape index (κ3) is 15.0. The van der Waals surface area contributed by atoms with Crippen LogP contribution in [0.4, 0.5) is 4.39 Å². The van der Waals surface area contributed by atoms with E-state index in [9.17, 15) is 24.0 Å². The van der Waals surface area contributed by atoms with Gasteiger partial charge < -0.3 is 39.2 Å². The summed E-state index contributed by atoms with van der Waals surface area (Å²) in [6, 6.07) is 7.43. The van der Waals surface area contributed by atoms with Crippen LogP contribution in [0.5, 0.6) is 0 Å². The lowest BCUT2D eigenvalue weighted by Gasteiger charge is -2.32. The molecule has 0 aromatic heterocycles. The van der Waals surface area contributed by atoms with E-state index in [-0.39, 0.29) is 23.9 Å². The van der Waals surface area contributed by atoms with Crippen LogP contribution in [0, 0.1) is 23.1 Å². The molecular formula is C29H41FN4O8. The SMILES string of the molecule is N#C/C(=C\c1ccc(F)cc1)C(=O)N1CCCC(C(=O)NCCOCCOCCOCCOCCOCCNC=O)C1. The minimum absolute atomic E-state index is 0.0572. The molecule has 1 aromatic rings. The summed E-state index contributed by atoms with van der Waals surface area (Å²) >= 11 is 0. The second-order valence-electron chi connectivity index (χ2n) is 9.24. The number of ether oxygens (including phenoxy) is 5. The molecule has 1 atom stereocenters. The van der Waals surface area contributed by atoms with Gasteiger partial charge in [0.2, 0.25) is 12.3 Å². The van der Waals surface area contributed by atoms with E-state index in [1.165, 1.54) is 35.2 Å². The quantitative estimate of drug-likeness (QED) is 0.0868. The highest BCUT2D eigenvalue weighted by atomic mass is 19.1. The van der Waals surface area contributed by atoms with Crippen LogP contribution in [0.1, 0.15) is 18.4 Å². The number of nitrogens with zero attached hydrogens (tertiary/aromatic N) is 2. The summed E-state index contributed by atoms with van der Waals surface area (Å²) in [5, 5.41) is 14.8. The maximum atomic E-state index is 13.1. The molecule has 42 heavy (non-hydrogen) atoms. The molecule has 13 heteroatoms. The van der Waals surface area contributed by atoms with Gasteiger partial charge in [-0.15, -0.1) is 0 Å². The largest absolute Gasteiger partial charge is 0.377 e. The number of amides is 3. The van der Waals surface area contributed by atoms with Crippen LogP contribution in [-0.2, 0) is 38.1 Å². The number of nitriles is 1. The Morgan fingerprint density at radius 2 is 1.45 bits per heavy atom. The van der Waals surface area contributed by atoms with Gasteiger partial charge in [-0.25, -0.2) is 4.39 Å². The van der Waals surface area contributed by atoms with Crippen LogP contribution < -0.4 is 10.6 Å². The summed E-state index contributed by atoms with van der Waals surface area (Å²) in [6.07, 6.45) is 3.36. The third-order valence-electron chi connectivity index (χ3n) is 6.12. The van der Waals surface area contributed by atoms with Crippen LogP contribution in [0.3, 0.4) is 0 Å². The van der Waals surface area contributed by atoms with E-state index in [1.807, 2.05) is 6.07 Å². The summed E-state index contributed by atoms with van der Waals surface area (Å²) in [5.41, 5.74) is 0.492. The number of hydrogen-bond acceptors (Lipinski definition) is 9. The van der Waals surface area contributed by atoms with Crippen molar-refractivity contribution >= 4 is 24.3 Å². The standard InChI is InChI=1S/C29H41FN4O8/c30-27-5-3-24(4-6-27)20-26(21-31)29(37)34-9-1-2-25(22-34)28(36)33-8-11-39-13-15-41-17-19-42-18-16-40-14-12-38-10-7-32-23-35/h3-6,20,23,25H,1-2,7-19,22H2,(H,32,35)(H,33,36)/b26-20+. The molecule has 0 bridgehead atoms. The number of benzene rings is 1. The molecular weight excluding hydrogens is 551 g/mol. The van der Waals surface area contributed by atoms with Crippen molar-refractivity contribution in [3.63, 3.8) is 0 Å². The van der Waals surface area contributed by atoms with Gasteiger partial charge in [0.1, 0.15) is 17.5 Å². The van der Waals surface area contributed by atoms with Crippen LogP contribution in [0.15, 0.2) is 29.8 Å². The Hall–Kier alpha value is -3.41. The molecule has 2 N–H and O–H groups in total. The molecule has 1 saturated heterocycles. The van der Waals surface area contributed by atoms with Crippen molar-refractivity contribution in [3.8, 4) is 6.07 Å². The molecule has 232 valence electrons. The summed E-state index contributed by atoms with van der Waals surface area (Å²) in [4.78, 5) is 37.1. The summed E-state index contributed by atoms with van der Waals surface area (Å²) in [6.45, 7) is 5.74. The Labute approximate surface area is 246 Å². The van der Waals surface area contributed by atoms with E-state index in [1.54, 1.807) is 0 Å². The van der Waals surface area contributed by atoms with Gasteiger partial charge in [-0.3, -0.25) is 14.4 Å². The van der Waals surface area contributed by atoms with E-state index in [0.29, 0.717) is 111 Å². The first kappa shape index (κ1) is 34.8. The molecule has 3 amide bonds. The second kappa shape index (κ2) is 22.2. The average molecular weight is 593 g/mol. The minimum Gasteiger partial charge on any atom is -0.377 e. The molecule has 0 aliphatic carbocycles. The van der Waals surface area contributed by atoms with Crippen LogP contribution in [0.2, 0.25) is 0 Å². The number of carbonyl (C=O) groups excluding carboxylic acids is 3. The molecule has 1 heterocycles. The summed E-state index contributed by atoms with van der Waals surface area (Å²) in [7, 11) is 0. The van der Waals surface area contributed by atoms with Gasteiger partial charge in [-0.05, 0) is 36.6 Å². The van der Waals surface area contributed by atoms with Gasteiger partial charge in [-0.2, -0.15) is 5.26 Å². The predicted octanol–water partition coefficient (Wildman–Crippen LogP) is 0.916. The zero-order chi connectivity index (χ0) is 30.3. The first-order chi connectivity index (χ1) is 20.5. The molecule has 1 aliphatic heterocycles. The Kier molecular flexibility index (Phi) is 18.4. The van der Waals surface area contributed by atoms with Crippen LogP contribution in [-0.4, -0.2) is 115 Å². The number of piperidine rings is 1. The van der Waals surface area contributed by atoms with Gasteiger partial charge in [0.05, 0.1) is 72.0 Å². The first-order valence-electron chi connectivity index (χ1n) is 14.0. The van der Waals surface area contributed by atoms with Crippen molar-refractivity contribution in [1.82, 2.24) is 15.5 Å². The summed E-state index contributed by atoms with van der Waals surface area (Å²) in [5.74, 6) is -1.37. The number of halogens is 1. The topological polar surface area (TPSA) is 148 Å². The van der Waals surface area contributed by atoms with Crippen molar-refractivity contribution < 1.29 is 42.5 Å². The van der Waals surface area contributed by atoms with Gasteiger partial charge in [0, 0.05) is 26.2 Å². The van der Waals surface area contributed by atoms with Crippen molar-refractivity contribution in [2.75, 3.05) is 92.2 Å². The van der Waals surface area contributed by atoms with Gasteiger partial charge in [-0.1, -0.05) is 12.1 Å². The Morgan fingerprint density at radius 3 is 2.00 bits per heavy atom. The number of carbonyl (C=O) groups is 3. The van der Waals surface area contributed by atoms with Crippen LogP contribution >= 0.6 is 0 Å². The molecule has 1 aliphatic rings. The molecule has 12 nitrogen and oxygen atoms in total. The van der Waals surface area contributed by atoms with Gasteiger partial charge >= 0.3 is 0 Å². The highest BCUT2D eigenvalue weighted by molar-refractivity contribution is 6.02. The van der Waals surface area contributed by atoms with Crippen molar-refractivity contribution in [3.05, 3.63) is 41.2 Å². The normalized spacial score (nSPS) is 15.2. The number of hydrogen-bond donors (Lipinski definition) is 2. The van der Waals surface area contributed by atoms with E-state index < -0.39 is 11.7 Å². The highest BCUT2D eigenvalue weighted by Gasteiger charge is 2.29. The summed E-state index contributed by atoms with van der Waals surface area (Å²) < 4.78 is 40.1. The Bertz CT molecular complexity index is 1000. The Morgan fingerprint density at radius 1 is 0.905 bits per heavy atom. The van der Waals surface area contributed by atoms with Gasteiger partial charge in [0.25, 0.3) is 5.91 Å². The lowest BCUT2D eigenvalue weighted by atomic mass is 9.96. The van der Waals surface area contributed by atoms with Crippen molar-refractivity contribution in [2.24, 2.45) is 5.92 Å². The molecule has 0 spiro atoms. The minimum atomic E-state index is -0.440. The number of nitrogens with one attached hydrogen (secondary N) is 2. The molecule has 0 radical (unpaired) electrons. The number of rotatable bonds is 22. The Balaban J connectivity index is 1.47. The smallest absolute Gasteiger partial charge is 0.264 e. The average Bonchev–Trinajstić information content (AvgIpc) is 3.01. The molecule has 1 aromatic carbocycles. The fraction of sp³-hybridized carbons (Fsp3) is 0.586.